The summed E-state index contributed by atoms with van der Waals surface area (Å²) >= 11 is 0. The van der Waals surface area contributed by atoms with Crippen LogP contribution in [-0.4, -0.2) is 52.9 Å². The van der Waals surface area contributed by atoms with Crippen LogP contribution in [0.5, 0.6) is 0 Å². The quantitative estimate of drug-likeness (QED) is 0.116. The lowest BCUT2D eigenvalue weighted by atomic mass is 9.99. The number of aromatic amines is 1. The molecule has 0 spiro atoms. The Labute approximate surface area is 285 Å². The molecule has 7 nitrogen and oxygen atoms in total. The molecule has 0 bridgehead atoms. The molecule has 6 aromatic rings. The Morgan fingerprint density at radius 3 is 2.33 bits per heavy atom. The zero-order valence-corrected chi connectivity index (χ0v) is 27.5. The lowest BCUT2D eigenvalue weighted by Crippen LogP contribution is -2.14. The maximum absolute atomic E-state index is 12.8. The molecule has 1 aromatic heterocycles. The highest BCUT2D eigenvalue weighted by atomic mass is 16.1. The number of carbonyl (C=O) groups excluding carboxylic acids is 2. The van der Waals surface area contributed by atoms with Crippen LogP contribution in [0.4, 0.5) is 11.4 Å². The van der Waals surface area contributed by atoms with Gasteiger partial charge in [-0.1, -0.05) is 66.6 Å². The average molecular weight is 642 g/mol. The first-order valence-electron chi connectivity index (χ1n) is 16.3. The fourth-order valence-electron chi connectivity index (χ4n) is 6.07. The number of Topliss-reactive ketones (excluding diaryl/α,β-unsaturated/α-hetero) is 1. The molecular weight excluding hydrogens is 606 g/mol. The molecular formula is C42H35N5O2. The number of imidazole rings is 1. The third-order valence-corrected chi connectivity index (χ3v) is 8.77. The van der Waals surface area contributed by atoms with Crippen molar-refractivity contribution in [2.45, 2.75) is 19.3 Å². The smallest absolute Gasteiger partial charge is 0.255 e. The molecule has 7 heteroatoms. The molecule has 49 heavy (non-hydrogen) atoms. The molecule has 1 amide bonds. The molecule has 5 aromatic carbocycles. The van der Waals surface area contributed by atoms with Gasteiger partial charge < -0.3 is 15.2 Å². The first-order chi connectivity index (χ1) is 23.8. The number of aliphatic imine (C=N–C) groups is 1. The van der Waals surface area contributed by atoms with Gasteiger partial charge in [0.25, 0.3) is 5.91 Å². The van der Waals surface area contributed by atoms with E-state index in [0.717, 1.165) is 81.0 Å². The molecule has 7 rings (SSSR count). The van der Waals surface area contributed by atoms with Crippen LogP contribution < -0.4 is 5.32 Å². The predicted octanol–water partition coefficient (Wildman–Crippen LogP) is 8.33. The zero-order chi connectivity index (χ0) is 33.9. The fraction of sp³-hybridized carbons (Fsp3) is 0.143. The van der Waals surface area contributed by atoms with Crippen molar-refractivity contribution in [2.24, 2.45) is 4.99 Å². The van der Waals surface area contributed by atoms with Gasteiger partial charge in [0, 0.05) is 40.8 Å². The summed E-state index contributed by atoms with van der Waals surface area (Å²) in [5.74, 6) is 3.32. The van der Waals surface area contributed by atoms with E-state index in [2.05, 4.69) is 57.5 Å². The molecule has 2 heterocycles. The summed E-state index contributed by atoms with van der Waals surface area (Å²) in [5, 5.41) is 2.91. The van der Waals surface area contributed by atoms with Crippen molar-refractivity contribution in [3.05, 3.63) is 137 Å². The largest absolute Gasteiger partial charge is 0.338 e. The maximum Gasteiger partial charge on any atom is 0.255 e. The van der Waals surface area contributed by atoms with Gasteiger partial charge in [-0.2, -0.15) is 0 Å². The number of fused-ring (bicyclic) bond motifs is 2. The number of ketones is 1. The highest BCUT2D eigenvalue weighted by Gasteiger charge is 2.18. The lowest BCUT2D eigenvalue weighted by Gasteiger charge is -2.08. The number of rotatable bonds is 10. The number of carbonyl (C=O) groups is 2. The summed E-state index contributed by atoms with van der Waals surface area (Å²) < 4.78 is 0. The maximum atomic E-state index is 12.8. The van der Waals surface area contributed by atoms with Crippen LogP contribution in [0.25, 0.3) is 33.5 Å². The Morgan fingerprint density at radius 1 is 0.837 bits per heavy atom. The van der Waals surface area contributed by atoms with Crippen molar-refractivity contribution in [1.82, 2.24) is 14.9 Å². The van der Waals surface area contributed by atoms with Gasteiger partial charge in [-0.25, -0.2) is 4.98 Å². The third kappa shape index (κ3) is 6.96. The minimum atomic E-state index is -0.195. The van der Waals surface area contributed by atoms with Gasteiger partial charge >= 0.3 is 0 Å². The van der Waals surface area contributed by atoms with Crippen LogP contribution in [0.3, 0.4) is 0 Å². The van der Waals surface area contributed by atoms with E-state index in [0.29, 0.717) is 23.2 Å². The minimum Gasteiger partial charge on any atom is -0.338 e. The Kier molecular flexibility index (Phi) is 8.72. The number of terminal acetylenes is 1. The Balaban J connectivity index is 1.04. The van der Waals surface area contributed by atoms with Crippen LogP contribution in [0.2, 0.25) is 0 Å². The van der Waals surface area contributed by atoms with Gasteiger partial charge in [0.15, 0.2) is 5.78 Å². The van der Waals surface area contributed by atoms with Crippen molar-refractivity contribution < 1.29 is 9.59 Å². The van der Waals surface area contributed by atoms with E-state index in [-0.39, 0.29) is 11.7 Å². The monoisotopic (exact) mass is 641 g/mol. The summed E-state index contributed by atoms with van der Waals surface area (Å²) in [4.78, 5) is 40.8. The van der Waals surface area contributed by atoms with Crippen LogP contribution in [0.15, 0.2) is 114 Å². The highest BCUT2D eigenvalue weighted by molar-refractivity contribution is 6.08. The molecule has 1 aliphatic heterocycles. The van der Waals surface area contributed by atoms with Crippen molar-refractivity contribution in [3.63, 3.8) is 0 Å². The average Bonchev–Trinajstić information content (AvgIpc) is 3.75. The summed E-state index contributed by atoms with van der Waals surface area (Å²) in [6, 6.07) is 35.1. The van der Waals surface area contributed by atoms with Crippen molar-refractivity contribution in [1.29, 1.82) is 0 Å². The molecule has 0 radical (unpaired) electrons. The topological polar surface area (TPSA) is 90.4 Å². The molecule has 0 saturated carbocycles. The van der Waals surface area contributed by atoms with Crippen molar-refractivity contribution in [2.75, 3.05) is 26.0 Å². The summed E-state index contributed by atoms with van der Waals surface area (Å²) in [6.07, 6.45) is 7.59. The van der Waals surface area contributed by atoms with Gasteiger partial charge in [0.1, 0.15) is 5.82 Å². The van der Waals surface area contributed by atoms with Gasteiger partial charge in [0.2, 0.25) is 0 Å². The fourth-order valence-corrected chi connectivity index (χ4v) is 6.07. The Bertz CT molecular complexity index is 2270. The third-order valence-electron chi connectivity index (χ3n) is 8.77. The molecule has 0 unspecified atom stereocenters. The number of nitrogens with zero attached hydrogens (tertiary/aromatic N) is 3. The zero-order valence-electron chi connectivity index (χ0n) is 27.5. The summed E-state index contributed by atoms with van der Waals surface area (Å²) in [5.41, 5.74) is 11.6. The molecule has 240 valence electrons. The van der Waals surface area contributed by atoms with Crippen LogP contribution in [0, 0.1) is 12.3 Å². The van der Waals surface area contributed by atoms with Gasteiger partial charge in [0.05, 0.1) is 22.4 Å². The Morgan fingerprint density at radius 2 is 1.55 bits per heavy atom. The van der Waals surface area contributed by atoms with Crippen LogP contribution >= 0.6 is 0 Å². The van der Waals surface area contributed by atoms with E-state index in [9.17, 15) is 9.59 Å². The molecule has 0 atom stereocenters. The van der Waals surface area contributed by atoms with Gasteiger partial charge in [-0.3, -0.25) is 14.6 Å². The van der Waals surface area contributed by atoms with Gasteiger partial charge in [-0.15, -0.1) is 6.42 Å². The van der Waals surface area contributed by atoms with E-state index < -0.39 is 0 Å². The SMILES string of the molecule is C#Cc1cccc(NC(=O)c2ccc(C3=Nc4cc(-c5ccc6[nH]c(-c7ccc(C(=O)CCCN(C)C)cc7)nc6c5)ccc4C3)cc2)c1. The number of H-pyrrole nitrogens is 1. The molecule has 0 fully saturated rings. The number of hydrogen-bond donors (Lipinski definition) is 2. The number of hydrogen-bond acceptors (Lipinski definition) is 5. The Hall–Kier alpha value is -6.10. The van der Waals surface area contributed by atoms with Crippen LogP contribution in [0.1, 0.15) is 50.2 Å². The van der Waals surface area contributed by atoms with E-state index in [1.54, 1.807) is 6.07 Å². The molecule has 1 aliphatic rings. The van der Waals surface area contributed by atoms with Gasteiger partial charge in [-0.05, 0) is 97.8 Å². The first-order valence-corrected chi connectivity index (χ1v) is 16.3. The standard InChI is InChI=1S/C42H35N5O2/c1-4-27-7-5-8-35(23-27)43-42(49)31-16-10-28(11-17-31)37-26-34-19-18-32(24-38(34)44-37)33-20-21-36-39(25-33)46-41(45-36)30-14-12-29(13-15-30)40(48)9-6-22-47(2)3/h1,5,7-8,10-21,23-25H,6,9,22,26H2,2-3H3,(H,43,49)(H,45,46). The van der Waals surface area contributed by atoms with E-state index in [1.807, 2.05) is 80.8 Å². The van der Waals surface area contributed by atoms with E-state index in [1.165, 1.54) is 0 Å². The number of amides is 1. The molecule has 0 saturated heterocycles. The molecule has 0 aliphatic carbocycles. The highest BCUT2D eigenvalue weighted by Crippen LogP contribution is 2.34. The second-order valence-electron chi connectivity index (χ2n) is 12.6. The number of benzene rings is 5. The first kappa shape index (κ1) is 31.5. The number of nitrogens with one attached hydrogen (secondary N) is 2. The number of anilines is 1. The van der Waals surface area contributed by atoms with Crippen LogP contribution in [-0.2, 0) is 6.42 Å². The van der Waals surface area contributed by atoms with E-state index >= 15 is 0 Å². The predicted molar refractivity (Wildman–Crippen MR) is 198 cm³/mol. The molecule has 2 N–H and O–H groups in total. The minimum absolute atomic E-state index is 0.162. The summed E-state index contributed by atoms with van der Waals surface area (Å²) in [6.45, 7) is 0.896. The number of aromatic nitrogens is 2. The second kappa shape index (κ2) is 13.6. The van der Waals surface area contributed by atoms with E-state index in [4.69, 9.17) is 16.4 Å². The summed E-state index contributed by atoms with van der Waals surface area (Å²) in [7, 11) is 4.03. The normalized spacial score (nSPS) is 12.1. The lowest BCUT2D eigenvalue weighted by molar-refractivity contribution is 0.0976. The van der Waals surface area contributed by atoms with Crippen molar-refractivity contribution >= 4 is 39.8 Å². The second-order valence-corrected chi connectivity index (χ2v) is 12.6. The van der Waals surface area contributed by atoms with Crippen molar-refractivity contribution in [3.8, 4) is 34.9 Å².